The predicted octanol–water partition coefficient (Wildman–Crippen LogP) is 8.85. The molecule has 0 saturated heterocycles. The molecule has 7 atom stereocenters. The highest BCUT2D eigenvalue weighted by Crippen LogP contribution is 2.74. The van der Waals surface area contributed by atoms with Crippen molar-refractivity contribution in [3.05, 3.63) is 71.4 Å². The van der Waals surface area contributed by atoms with Crippen molar-refractivity contribution in [2.45, 2.75) is 93.4 Å². The molecule has 0 radical (unpaired) electrons. The SMILES string of the molecule is [C-]#[N+]C1=C[C@]2(C)C3=CC(=O)C4C5CC(C)(C)CC[C@]5(C(=O)n5ccc6ccccc65)CC[C@@]4(C)[C@]3(C)CC[C@H]2C(C)(C)C1=O. The molecule has 3 fully saturated rings. The first-order valence-electron chi connectivity index (χ1n) is 16.6. The third kappa shape index (κ3) is 3.49. The average Bonchev–Trinajstić information content (AvgIpc) is 3.40. The highest BCUT2D eigenvalue weighted by atomic mass is 16.2. The lowest BCUT2D eigenvalue weighted by atomic mass is 9.34. The minimum atomic E-state index is -0.673. The molecule has 1 heterocycles. The summed E-state index contributed by atoms with van der Waals surface area (Å²) in [5.41, 5.74) is -0.124. The van der Waals surface area contributed by atoms with Crippen molar-refractivity contribution in [1.29, 1.82) is 0 Å². The molecule has 3 saturated carbocycles. The Morgan fingerprint density at radius 3 is 2.36 bits per heavy atom. The number of fused-ring (bicyclic) bond motifs is 8. The van der Waals surface area contributed by atoms with Crippen LogP contribution in [0.15, 0.2) is 60.0 Å². The third-order valence-electron chi connectivity index (χ3n) is 14.1. The minimum absolute atomic E-state index is 0.0279. The van der Waals surface area contributed by atoms with E-state index in [9.17, 15) is 14.4 Å². The summed E-state index contributed by atoms with van der Waals surface area (Å²) in [6.07, 6.45) is 11.8. The van der Waals surface area contributed by atoms with E-state index in [0.717, 1.165) is 61.4 Å². The number of carbonyl (C=O) groups excluding carboxylic acids is 3. The number of carbonyl (C=O) groups is 3. The fourth-order valence-corrected chi connectivity index (χ4v) is 11.5. The first kappa shape index (κ1) is 29.5. The number of benzene rings is 1. The quantitative estimate of drug-likeness (QED) is 0.312. The van der Waals surface area contributed by atoms with Gasteiger partial charge >= 0.3 is 0 Å². The van der Waals surface area contributed by atoms with Crippen LogP contribution in [0.4, 0.5) is 0 Å². The van der Waals surface area contributed by atoms with E-state index in [4.69, 9.17) is 6.57 Å². The van der Waals surface area contributed by atoms with Crippen molar-refractivity contribution < 1.29 is 14.4 Å². The number of rotatable bonds is 1. The zero-order valence-corrected chi connectivity index (χ0v) is 27.4. The Kier molecular flexibility index (Phi) is 5.97. The van der Waals surface area contributed by atoms with Crippen molar-refractivity contribution >= 4 is 28.4 Å². The van der Waals surface area contributed by atoms with Crippen LogP contribution in [0.2, 0.25) is 0 Å². The molecule has 0 N–H and O–H groups in total. The van der Waals surface area contributed by atoms with Gasteiger partial charge in [0.15, 0.2) is 11.6 Å². The molecule has 0 amide bonds. The maximum absolute atomic E-state index is 14.9. The number of hydrogen-bond donors (Lipinski definition) is 0. The molecule has 0 bridgehead atoms. The number of allylic oxidation sites excluding steroid dienone is 4. The number of Topliss-reactive ketones (excluding diaryl/α,β-unsaturated/α-hetero) is 1. The molecule has 7 rings (SSSR count). The van der Waals surface area contributed by atoms with Gasteiger partial charge in [-0.15, -0.1) is 0 Å². The van der Waals surface area contributed by atoms with Gasteiger partial charge in [0.2, 0.25) is 11.6 Å². The zero-order chi connectivity index (χ0) is 31.7. The minimum Gasteiger partial charge on any atom is -0.307 e. The summed E-state index contributed by atoms with van der Waals surface area (Å²) in [6.45, 7) is 23.3. The lowest BCUT2D eigenvalue weighted by molar-refractivity contribution is -0.164. The fraction of sp³-hybridized carbons (Fsp3) is 0.590. The first-order valence-corrected chi connectivity index (χ1v) is 16.6. The van der Waals surface area contributed by atoms with E-state index in [1.165, 1.54) is 0 Å². The maximum Gasteiger partial charge on any atom is 0.237 e. The molecule has 5 aliphatic rings. The van der Waals surface area contributed by atoms with E-state index in [1.54, 1.807) is 0 Å². The van der Waals surface area contributed by atoms with Gasteiger partial charge < -0.3 is 4.79 Å². The Bertz CT molecular complexity index is 1750. The largest absolute Gasteiger partial charge is 0.307 e. The van der Waals surface area contributed by atoms with E-state index in [0.29, 0.717) is 0 Å². The Labute approximate surface area is 262 Å². The second-order valence-electron chi connectivity index (χ2n) is 16.9. The molecule has 5 nitrogen and oxygen atoms in total. The summed E-state index contributed by atoms with van der Waals surface area (Å²) in [5, 5.41) is 1.06. The van der Waals surface area contributed by atoms with Crippen LogP contribution >= 0.6 is 0 Å². The van der Waals surface area contributed by atoms with Crippen LogP contribution in [0.25, 0.3) is 15.7 Å². The molecule has 0 spiro atoms. The van der Waals surface area contributed by atoms with Crippen LogP contribution in [-0.4, -0.2) is 22.0 Å². The molecular weight excluding hydrogens is 544 g/mol. The molecule has 44 heavy (non-hydrogen) atoms. The van der Waals surface area contributed by atoms with E-state index in [2.05, 4.69) is 45.5 Å². The number of para-hydroxylation sites is 1. The van der Waals surface area contributed by atoms with Gasteiger partial charge in [-0.05, 0) is 91.2 Å². The molecular formula is C39H46N2O3. The monoisotopic (exact) mass is 590 g/mol. The van der Waals surface area contributed by atoms with Crippen molar-refractivity contribution in [1.82, 2.24) is 4.57 Å². The van der Waals surface area contributed by atoms with E-state index in [1.807, 2.05) is 61.0 Å². The number of ketones is 2. The van der Waals surface area contributed by atoms with Crippen LogP contribution in [-0.2, 0) is 9.59 Å². The smallest absolute Gasteiger partial charge is 0.237 e. The van der Waals surface area contributed by atoms with Crippen LogP contribution in [0.1, 0.15) is 98.2 Å². The number of nitrogens with zero attached hydrogens (tertiary/aromatic N) is 2. The van der Waals surface area contributed by atoms with E-state index in [-0.39, 0.29) is 57.2 Å². The lowest BCUT2D eigenvalue weighted by Gasteiger charge is -2.69. The van der Waals surface area contributed by atoms with Crippen LogP contribution < -0.4 is 0 Å². The highest BCUT2D eigenvalue weighted by molar-refractivity contribution is 6.03. The van der Waals surface area contributed by atoms with Crippen molar-refractivity contribution in [3.8, 4) is 0 Å². The summed E-state index contributed by atoms with van der Waals surface area (Å²) < 4.78 is 1.88. The molecule has 1 aromatic carbocycles. The van der Waals surface area contributed by atoms with Gasteiger partial charge in [0, 0.05) is 28.3 Å². The molecule has 2 unspecified atom stereocenters. The summed E-state index contributed by atoms with van der Waals surface area (Å²) in [4.78, 5) is 46.7. The first-order chi connectivity index (χ1) is 20.6. The average molecular weight is 591 g/mol. The normalized spacial score (nSPS) is 40.5. The Hall–Kier alpha value is -3.26. The van der Waals surface area contributed by atoms with Gasteiger partial charge in [-0.1, -0.05) is 78.3 Å². The molecule has 5 aliphatic carbocycles. The Balaban J connectivity index is 1.39. The highest BCUT2D eigenvalue weighted by Gasteiger charge is 2.70. The van der Waals surface area contributed by atoms with Gasteiger partial charge in [-0.25, -0.2) is 4.85 Å². The molecule has 0 aliphatic heterocycles. The molecule has 5 heteroatoms. The predicted molar refractivity (Wildman–Crippen MR) is 172 cm³/mol. The summed E-state index contributed by atoms with van der Waals surface area (Å²) in [7, 11) is 0. The number of hydrogen-bond acceptors (Lipinski definition) is 3. The molecule has 2 aromatic rings. The lowest BCUT2D eigenvalue weighted by Crippen LogP contribution is -2.66. The maximum atomic E-state index is 14.9. The van der Waals surface area contributed by atoms with Gasteiger partial charge in [0.05, 0.1) is 17.5 Å². The standard InChI is InChI=1S/C39H46N2O3/c1-34(2)16-18-39(33(44)41-20-14-24-11-9-10-12-27(24)41)19-17-38(7)31(25(39)22-34)28(42)21-30-36(5)23-26(40-8)32(43)35(3,4)29(36)13-15-37(30,38)6/h9-12,14,20-21,23,25,29,31H,13,15-19,22H2,1-7H3/t25?,29-,31?,36-,37+,38+,39-/m0/s1. The van der Waals surface area contributed by atoms with Crippen LogP contribution in [0, 0.1) is 56.8 Å². The van der Waals surface area contributed by atoms with E-state index < -0.39 is 16.2 Å². The summed E-state index contributed by atoms with van der Waals surface area (Å²) in [6, 6.07) is 10.1. The Morgan fingerprint density at radius 2 is 1.64 bits per heavy atom. The molecule has 230 valence electrons. The Morgan fingerprint density at radius 1 is 0.932 bits per heavy atom. The third-order valence-corrected chi connectivity index (χ3v) is 14.1. The van der Waals surface area contributed by atoms with Gasteiger partial charge in [-0.2, -0.15) is 0 Å². The summed E-state index contributed by atoms with van der Waals surface area (Å²) >= 11 is 0. The van der Waals surface area contributed by atoms with Crippen LogP contribution in [0.3, 0.4) is 0 Å². The second kappa shape index (κ2) is 8.93. The second-order valence-corrected chi connectivity index (χ2v) is 16.9. The fourth-order valence-electron chi connectivity index (χ4n) is 11.5. The summed E-state index contributed by atoms with van der Waals surface area (Å²) in [5.74, 6) is -0.0512. The van der Waals surface area contributed by atoms with E-state index >= 15 is 0 Å². The molecule has 1 aromatic heterocycles. The van der Waals surface area contributed by atoms with Crippen molar-refractivity contribution in [3.63, 3.8) is 0 Å². The van der Waals surface area contributed by atoms with Crippen molar-refractivity contribution in [2.75, 3.05) is 0 Å². The van der Waals surface area contributed by atoms with Crippen molar-refractivity contribution in [2.24, 2.45) is 50.2 Å². The van der Waals surface area contributed by atoms with Crippen LogP contribution in [0.5, 0.6) is 0 Å². The zero-order valence-electron chi connectivity index (χ0n) is 27.4. The van der Waals surface area contributed by atoms with Gasteiger partial charge in [0.25, 0.3) is 0 Å². The number of aromatic nitrogens is 1. The van der Waals surface area contributed by atoms with Gasteiger partial charge in [-0.3, -0.25) is 14.2 Å². The topological polar surface area (TPSA) is 60.5 Å². The van der Waals surface area contributed by atoms with Gasteiger partial charge in [0.1, 0.15) is 0 Å².